The van der Waals surface area contributed by atoms with Crippen LogP contribution in [0.15, 0.2) is 34.3 Å². The number of amides is 1. The fourth-order valence-electron chi connectivity index (χ4n) is 2.58. The van der Waals surface area contributed by atoms with Gasteiger partial charge in [-0.3, -0.25) is 4.79 Å². The number of aryl methyl sites for hydroxylation is 1. The molecule has 1 N–H and O–H groups in total. The van der Waals surface area contributed by atoms with Crippen molar-refractivity contribution in [2.45, 2.75) is 48.0 Å². The first-order chi connectivity index (χ1) is 12.7. The minimum atomic E-state index is -3.55. The standard InChI is InChI=1S/C17H23N5O3S2/c1-11(26-17-20-19-12(2)22(17)14-8-9-14)16(23)18-13-6-5-7-15(10-13)27(24,25)21(3)4/h5-7,10-11,14H,8-9H2,1-4H3,(H,18,23)/t11-/m1/s1. The molecule has 0 bridgehead atoms. The SMILES string of the molecule is Cc1nnc(S[C@H](C)C(=O)Nc2cccc(S(=O)(=O)N(C)C)c2)n1C1CC1. The Morgan fingerprint density at radius 3 is 2.67 bits per heavy atom. The molecule has 8 nitrogen and oxygen atoms in total. The predicted octanol–water partition coefficient (Wildman–Crippen LogP) is 2.29. The molecule has 1 aromatic carbocycles. The van der Waals surface area contributed by atoms with E-state index in [1.54, 1.807) is 19.1 Å². The zero-order valence-electron chi connectivity index (χ0n) is 15.7. The Hall–Kier alpha value is -1.91. The van der Waals surface area contributed by atoms with E-state index < -0.39 is 15.3 Å². The van der Waals surface area contributed by atoms with Crippen LogP contribution in [0.1, 0.15) is 31.6 Å². The van der Waals surface area contributed by atoms with Gasteiger partial charge in [0, 0.05) is 25.8 Å². The van der Waals surface area contributed by atoms with Gasteiger partial charge >= 0.3 is 0 Å². The Morgan fingerprint density at radius 2 is 2.04 bits per heavy atom. The molecule has 146 valence electrons. The number of hydrogen-bond donors (Lipinski definition) is 1. The summed E-state index contributed by atoms with van der Waals surface area (Å²) in [5, 5.41) is 11.4. The molecule has 27 heavy (non-hydrogen) atoms. The molecular formula is C17H23N5O3S2. The van der Waals surface area contributed by atoms with Crippen LogP contribution in [0.2, 0.25) is 0 Å². The molecule has 1 fully saturated rings. The van der Waals surface area contributed by atoms with E-state index in [1.807, 2.05) is 6.92 Å². The van der Waals surface area contributed by atoms with Gasteiger partial charge in [-0.25, -0.2) is 12.7 Å². The summed E-state index contributed by atoms with van der Waals surface area (Å²) in [4.78, 5) is 12.7. The van der Waals surface area contributed by atoms with Crippen LogP contribution >= 0.6 is 11.8 Å². The van der Waals surface area contributed by atoms with E-state index in [4.69, 9.17) is 0 Å². The number of hydrogen-bond acceptors (Lipinski definition) is 6. The van der Waals surface area contributed by atoms with Crippen LogP contribution in [0.25, 0.3) is 0 Å². The summed E-state index contributed by atoms with van der Waals surface area (Å²) in [6, 6.07) is 6.68. The predicted molar refractivity (Wildman–Crippen MR) is 104 cm³/mol. The third kappa shape index (κ3) is 4.33. The van der Waals surface area contributed by atoms with Gasteiger partial charge < -0.3 is 9.88 Å². The Bertz CT molecular complexity index is 951. The lowest BCUT2D eigenvalue weighted by molar-refractivity contribution is -0.115. The van der Waals surface area contributed by atoms with Crippen LogP contribution in [0, 0.1) is 6.92 Å². The van der Waals surface area contributed by atoms with Gasteiger partial charge in [0.2, 0.25) is 15.9 Å². The fraction of sp³-hybridized carbons (Fsp3) is 0.471. The topological polar surface area (TPSA) is 97.2 Å². The fourth-order valence-corrected chi connectivity index (χ4v) is 4.50. The number of carbonyl (C=O) groups is 1. The zero-order chi connectivity index (χ0) is 19.8. The lowest BCUT2D eigenvalue weighted by Crippen LogP contribution is -2.24. The average Bonchev–Trinajstić information content (AvgIpc) is 3.38. The molecule has 3 rings (SSSR count). The van der Waals surface area contributed by atoms with Crippen molar-refractivity contribution >= 4 is 33.4 Å². The number of nitrogens with zero attached hydrogens (tertiary/aromatic N) is 4. The maximum atomic E-state index is 12.6. The largest absolute Gasteiger partial charge is 0.325 e. The van der Waals surface area contributed by atoms with Crippen LogP contribution in [0.5, 0.6) is 0 Å². The summed E-state index contributed by atoms with van der Waals surface area (Å²) >= 11 is 1.35. The van der Waals surface area contributed by atoms with E-state index >= 15 is 0 Å². The molecule has 1 amide bonds. The number of nitrogens with one attached hydrogen (secondary N) is 1. The Kier molecular flexibility index (Phi) is 5.59. The molecule has 1 aliphatic rings. The molecule has 1 aromatic heterocycles. The maximum absolute atomic E-state index is 12.6. The minimum Gasteiger partial charge on any atom is -0.325 e. The Balaban J connectivity index is 1.70. The molecule has 1 saturated carbocycles. The van der Waals surface area contributed by atoms with Gasteiger partial charge in [-0.2, -0.15) is 0 Å². The number of rotatable bonds is 7. The molecular weight excluding hydrogens is 386 g/mol. The Morgan fingerprint density at radius 1 is 1.33 bits per heavy atom. The van der Waals surface area contributed by atoms with Crippen molar-refractivity contribution in [3.8, 4) is 0 Å². The number of benzene rings is 1. The van der Waals surface area contributed by atoms with Crippen molar-refractivity contribution in [1.82, 2.24) is 19.1 Å². The summed E-state index contributed by atoms with van der Waals surface area (Å²) in [7, 11) is -0.615. The highest BCUT2D eigenvalue weighted by Crippen LogP contribution is 2.39. The lowest BCUT2D eigenvalue weighted by Gasteiger charge is -2.15. The molecule has 0 aliphatic heterocycles. The lowest BCUT2D eigenvalue weighted by atomic mass is 10.3. The number of sulfonamides is 1. The van der Waals surface area contributed by atoms with E-state index in [9.17, 15) is 13.2 Å². The van der Waals surface area contributed by atoms with Crippen molar-refractivity contribution < 1.29 is 13.2 Å². The number of carbonyl (C=O) groups excluding carboxylic acids is 1. The van der Waals surface area contributed by atoms with Gasteiger partial charge in [-0.05, 0) is 44.9 Å². The smallest absolute Gasteiger partial charge is 0.242 e. The highest BCUT2D eigenvalue weighted by Gasteiger charge is 2.30. The van der Waals surface area contributed by atoms with Crippen molar-refractivity contribution in [2.24, 2.45) is 0 Å². The first kappa shape index (κ1) is 19.8. The monoisotopic (exact) mass is 409 g/mol. The summed E-state index contributed by atoms with van der Waals surface area (Å²) in [6.45, 7) is 3.71. The molecule has 0 radical (unpaired) electrons. The number of anilines is 1. The van der Waals surface area contributed by atoms with E-state index in [1.165, 1.54) is 38.0 Å². The van der Waals surface area contributed by atoms with Gasteiger partial charge in [-0.1, -0.05) is 17.8 Å². The normalized spacial score (nSPS) is 15.7. The molecule has 0 spiro atoms. The molecule has 1 atom stereocenters. The van der Waals surface area contributed by atoms with Crippen molar-refractivity contribution in [3.05, 3.63) is 30.1 Å². The van der Waals surface area contributed by atoms with Crippen molar-refractivity contribution in [3.63, 3.8) is 0 Å². The number of thioether (sulfide) groups is 1. The first-order valence-corrected chi connectivity index (χ1v) is 10.9. The van der Waals surface area contributed by atoms with Crippen LogP contribution in [-0.4, -0.2) is 52.7 Å². The van der Waals surface area contributed by atoms with E-state index in [0.717, 1.165) is 28.1 Å². The van der Waals surface area contributed by atoms with Crippen molar-refractivity contribution in [1.29, 1.82) is 0 Å². The molecule has 10 heteroatoms. The second kappa shape index (κ2) is 7.61. The van der Waals surface area contributed by atoms with Crippen LogP contribution in [0.3, 0.4) is 0 Å². The Labute approximate surface area is 163 Å². The minimum absolute atomic E-state index is 0.134. The second-order valence-corrected chi connectivity index (χ2v) is 10.2. The first-order valence-electron chi connectivity index (χ1n) is 8.61. The van der Waals surface area contributed by atoms with Gasteiger partial charge in [0.25, 0.3) is 0 Å². The summed E-state index contributed by atoms with van der Waals surface area (Å²) in [5.74, 6) is 0.636. The van der Waals surface area contributed by atoms with Crippen LogP contribution < -0.4 is 5.32 Å². The second-order valence-electron chi connectivity index (χ2n) is 6.70. The zero-order valence-corrected chi connectivity index (χ0v) is 17.3. The summed E-state index contributed by atoms with van der Waals surface area (Å²) in [5.41, 5.74) is 0.440. The summed E-state index contributed by atoms with van der Waals surface area (Å²) < 4.78 is 27.7. The quantitative estimate of drug-likeness (QED) is 0.705. The van der Waals surface area contributed by atoms with Gasteiger partial charge in [0.05, 0.1) is 10.1 Å². The number of aromatic nitrogens is 3. The van der Waals surface area contributed by atoms with E-state index in [-0.39, 0.29) is 10.8 Å². The van der Waals surface area contributed by atoms with E-state index in [2.05, 4.69) is 20.1 Å². The highest BCUT2D eigenvalue weighted by molar-refractivity contribution is 8.00. The van der Waals surface area contributed by atoms with Gasteiger partial charge in [0.1, 0.15) is 5.82 Å². The van der Waals surface area contributed by atoms with Gasteiger partial charge in [-0.15, -0.1) is 10.2 Å². The molecule has 0 unspecified atom stereocenters. The van der Waals surface area contributed by atoms with Gasteiger partial charge in [0.15, 0.2) is 5.16 Å². The van der Waals surface area contributed by atoms with E-state index in [0.29, 0.717) is 11.7 Å². The van der Waals surface area contributed by atoms with Crippen LogP contribution in [-0.2, 0) is 14.8 Å². The van der Waals surface area contributed by atoms with Crippen LogP contribution in [0.4, 0.5) is 5.69 Å². The maximum Gasteiger partial charge on any atom is 0.242 e. The average molecular weight is 410 g/mol. The third-order valence-electron chi connectivity index (χ3n) is 4.28. The molecule has 0 saturated heterocycles. The molecule has 2 aromatic rings. The third-order valence-corrected chi connectivity index (χ3v) is 7.15. The van der Waals surface area contributed by atoms with Crippen molar-refractivity contribution in [2.75, 3.05) is 19.4 Å². The summed E-state index contributed by atoms with van der Waals surface area (Å²) in [6.07, 6.45) is 2.22. The molecule has 1 aliphatic carbocycles. The highest BCUT2D eigenvalue weighted by atomic mass is 32.2. The molecule has 1 heterocycles.